The highest BCUT2D eigenvalue weighted by molar-refractivity contribution is 5.89. The molecule has 0 unspecified atom stereocenters. The molecule has 2 aromatic rings. The molecule has 0 bridgehead atoms. The number of nitrogens with one attached hydrogen (secondary N) is 1. The first-order valence-corrected chi connectivity index (χ1v) is 3.63. The van der Waals surface area contributed by atoms with Gasteiger partial charge in [0.25, 0.3) is 5.69 Å². The number of fused-ring (bicyclic) bond motifs is 1. The Morgan fingerprint density at radius 3 is 2.92 bits per heavy atom. The molecule has 1 aromatic carbocycles. The number of non-ortho nitro benzene ring substituents is 1. The molecule has 2 N–H and O–H groups in total. The minimum Gasteiger partial charge on any atom is -0.495 e. The zero-order valence-corrected chi connectivity index (χ0v) is 6.52. The van der Waals surface area contributed by atoms with E-state index in [-0.39, 0.29) is 11.6 Å². The monoisotopic (exact) mass is 178 g/mol. The van der Waals surface area contributed by atoms with Crippen molar-refractivity contribution in [3.05, 3.63) is 34.4 Å². The van der Waals surface area contributed by atoms with Gasteiger partial charge in [0.15, 0.2) is 5.88 Å². The Morgan fingerprint density at radius 1 is 1.46 bits per heavy atom. The molecule has 13 heavy (non-hydrogen) atoms. The summed E-state index contributed by atoms with van der Waals surface area (Å²) in [5, 5.41) is 20.2. The van der Waals surface area contributed by atoms with Crippen molar-refractivity contribution in [2.45, 2.75) is 0 Å². The molecule has 5 heteroatoms. The number of para-hydroxylation sites is 1. The number of hydrogen-bond donors (Lipinski definition) is 2. The van der Waals surface area contributed by atoms with Crippen molar-refractivity contribution in [2.75, 3.05) is 0 Å². The van der Waals surface area contributed by atoms with Crippen LogP contribution in [0.15, 0.2) is 24.3 Å². The van der Waals surface area contributed by atoms with E-state index in [2.05, 4.69) is 4.98 Å². The van der Waals surface area contributed by atoms with E-state index in [1.54, 1.807) is 12.1 Å². The molecule has 0 saturated carbocycles. The molecule has 0 amide bonds. The number of aromatic nitrogens is 1. The number of rotatable bonds is 1. The maximum atomic E-state index is 10.5. The van der Waals surface area contributed by atoms with Crippen LogP contribution in [0.3, 0.4) is 0 Å². The van der Waals surface area contributed by atoms with E-state index in [0.717, 1.165) is 0 Å². The van der Waals surface area contributed by atoms with Gasteiger partial charge in [0.1, 0.15) is 5.52 Å². The van der Waals surface area contributed by atoms with Crippen molar-refractivity contribution in [1.29, 1.82) is 0 Å². The van der Waals surface area contributed by atoms with E-state index in [9.17, 15) is 10.1 Å². The van der Waals surface area contributed by atoms with Gasteiger partial charge in [-0.3, -0.25) is 10.1 Å². The van der Waals surface area contributed by atoms with Gasteiger partial charge in [0.2, 0.25) is 0 Å². The highest BCUT2D eigenvalue weighted by atomic mass is 16.6. The minimum atomic E-state index is -0.488. The SMILES string of the molecule is O=[N+]([O-])c1cccc2cc(O)[nH]c12. The van der Waals surface area contributed by atoms with Gasteiger partial charge >= 0.3 is 0 Å². The van der Waals surface area contributed by atoms with Crippen molar-refractivity contribution >= 4 is 16.6 Å². The fourth-order valence-corrected chi connectivity index (χ4v) is 1.28. The zero-order valence-electron chi connectivity index (χ0n) is 6.52. The molecular weight excluding hydrogens is 172 g/mol. The van der Waals surface area contributed by atoms with Crippen LogP contribution in [-0.4, -0.2) is 15.0 Å². The minimum absolute atomic E-state index is 0.0298. The molecule has 0 atom stereocenters. The normalized spacial score (nSPS) is 10.5. The first kappa shape index (κ1) is 7.60. The maximum absolute atomic E-state index is 10.5. The Bertz CT molecular complexity index is 475. The zero-order chi connectivity index (χ0) is 9.42. The van der Waals surface area contributed by atoms with Crippen LogP contribution in [0.5, 0.6) is 5.88 Å². The largest absolute Gasteiger partial charge is 0.495 e. The average molecular weight is 178 g/mol. The molecule has 2 rings (SSSR count). The number of hydrogen-bond acceptors (Lipinski definition) is 3. The summed E-state index contributed by atoms with van der Waals surface area (Å²) >= 11 is 0. The number of aromatic amines is 1. The van der Waals surface area contributed by atoms with E-state index >= 15 is 0 Å². The van der Waals surface area contributed by atoms with Gasteiger partial charge in [-0.1, -0.05) is 12.1 Å². The standard InChI is InChI=1S/C8H6N2O3/c11-7-4-5-2-1-3-6(10(12)13)8(5)9-7/h1-4,9,11H. The van der Waals surface area contributed by atoms with Crippen molar-refractivity contribution in [1.82, 2.24) is 4.98 Å². The maximum Gasteiger partial charge on any atom is 0.293 e. The number of aromatic hydroxyl groups is 1. The van der Waals surface area contributed by atoms with E-state index in [0.29, 0.717) is 10.9 Å². The van der Waals surface area contributed by atoms with E-state index in [4.69, 9.17) is 5.11 Å². The predicted molar refractivity (Wildman–Crippen MR) is 46.6 cm³/mol. The Kier molecular flexibility index (Phi) is 1.45. The summed E-state index contributed by atoms with van der Waals surface area (Å²) < 4.78 is 0. The van der Waals surface area contributed by atoms with Gasteiger partial charge in [-0.25, -0.2) is 0 Å². The summed E-state index contributed by atoms with van der Waals surface area (Å²) in [5.74, 6) is -0.0655. The van der Waals surface area contributed by atoms with Gasteiger partial charge < -0.3 is 10.1 Å². The first-order valence-electron chi connectivity index (χ1n) is 3.63. The molecule has 0 aliphatic rings. The molecular formula is C8H6N2O3. The van der Waals surface area contributed by atoms with Crippen LogP contribution in [0.1, 0.15) is 0 Å². The summed E-state index contributed by atoms with van der Waals surface area (Å²) in [5.41, 5.74) is 0.322. The first-order chi connectivity index (χ1) is 6.18. The molecule has 66 valence electrons. The third-order valence-corrected chi connectivity index (χ3v) is 1.82. The smallest absolute Gasteiger partial charge is 0.293 e. The van der Waals surface area contributed by atoms with Crippen LogP contribution in [0.2, 0.25) is 0 Å². The molecule has 0 aliphatic heterocycles. The third-order valence-electron chi connectivity index (χ3n) is 1.82. The second kappa shape index (κ2) is 2.48. The predicted octanol–water partition coefficient (Wildman–Crippen LogP) is 1.78. The number of nitro benzene ring substituents is 1. The summed E-state index contributed by atoms with van der Waals surface area (Å²) in [7, 11) is 0. The summed E-state index contributed by atoms with van der Waals surface area (Å²) in [6.07, 6.45) is 0. The lowest BCUT2D eigenvalue weighted by Crippen LogP contribution is -1.88. The van der Waals surface area contributed by atoms with Crippen LogP contribution in [0.4, 0.5) is 5.69 Å². The van der Waals surface area contributed by atoms with Crippen molar-refractivity contribution in [2.24, 2.45) is 0 Å². The van der Waals surface area contributed by atoms with Crippen molar-refractivity contribution in [3.63, 3.8) is 0 Å². The van der Waals surface area contributed by atoms with Crippen LogP contribution < -0.4 is 0 Å². The Hall–Kier alpha value is -2.04. The number of H-pyrrole nitrogens is 1. The van der Waals surface area contributed by atoms with E-state index in [1.165, 1.54) is 12.1 Å². The summed E-state index contributed by atoms with van der Waals surface area (Å²) in [4.78, 5) is 12.6. The van der Waals surface area contributed by atoms with Crippen molar-refractivity contribution in [3.8, 4) is 5.88 Å². The topological polar surface area (TPSA) is 79.2 Å². The fourth-order valence-electron chi connectivity index (χ4n) is 1.28. The van der Waals surface area contributed by atoms with Crippen molar-refractivity contribution < 1.29 is 10.0 Å². The molecule has 0 radical (unpaired) electrons. The Balaban J connectivity index is 2.82. The summed E-state index contributed by atoms with van der Waals surface area (Å²) in [6.45, 7) is 0. The molecule has 1 heterocycles. The molecule has 0 spiro atoms. The third kappa shape index (κ3) is 1.10. The Labute approximate surface area is 72.8 Å². The van der Waals surface area contributed by atoms with Gasteiger partial charge in [0.05, 0.1) is 4.92 Å². The van der Waals surface area contributed by atoms with Crippen LogP contribution in [-0.2, 0) is 0 Å². The number of nitro groups is 1. The quantitative estimate of drug-likeness (QED) is 0.516. The molecule has 5 nitrogen and oxygen atoms in total. The van der Waals surface area contributed by atoms with E-state index < -0.39 is 4.92 Å². The fraction of sp³-hybridized carbons (Fsp3) is 0. The molecule has 0 saturated heterocycles. The van der Waals surface area contributed by atoms with Gasteiger partial charge in [-0.05, 0) is 0 Å². The second-order valence-corrected chi connectivity index (χ2v) is 2.65. The lowest BCUT2D eigenvalue weighted by atomic mass is 10.2. The summed E-state index contributed by atoms with van der Waals surface area (Å²) in [6, 6.07) is 6.10. The van der Waals surface area contributed by atoms with Crippen LogP contribution in [0.25, 0.3) is 10.9 Å². The molecule has 0 aliphatic carbocycles. The highest BCUT2D eigenvalue weighted by Crippen LogP contribution is 2.27. The van der Waals surface area contributed by atoms with Gasteiger partial charge in [-0.2, -0.15) is 0 Å². The Morgan fingerprint density at radius 2 is 2.23 bits per heavy atom. The van der Waals surface area contributed by atoms with E-state index in [1.807, 2.05) is 0 Å². The van der Waals surface area contributed by atoms with Gasteiger partial charge in [0, 0.05) is 17.5 Å². The molecule has 0 fully saturated rings. The average Bonchev–Trinajstić information content (AvgIpc) is 2.43. The lowest BCUT2D eigenvalue weighted by molar-refractivity contribution is -0.383. The van der Waals surface area contributed by atoms with Gasteiger partial charge in [-0.15, -0.1) is 0 Å². The second-order valence-electron chi connectivity index (χ2n) is 2.65. The number of benzene rings is 1. The highest BCUT2D eigenvalue weighted by Gasteiger charge is 2.12. The number of nitrogens with zero attached hydrogens (tertiary/aromatic N) is 1. The van der Waals surface area contributed by atoms with Crippen LogP contribution >= 0.6 is 0 Å². The lowest BCUT2D eigenvalue weighted by Gasteiger charge is -1.91. The van der Waals surface area contributed by atoms with Crippen LogP contribution in [0, 0.1) is 10.1 Å². The molecule has 1 aromatic heterocycles.